The standard InChI is InChI=1S/C13H18N6/c1-2-14-7-11-8-17-12(9-16-11)19-6-5-18-4-3-15-13(18)10-19/h3-4,8-9,14H,2,5-7,10H2,1H3. The number of imidazole rings is 1. The SMILES string of the molecule is CCNCc1cnc(N2CCn3ccnc3C2)cn1. The van der Waals surface area contributed by atoms with Gasteiger partial charge < -0.3 is 14.8 Å². The molecule has 6 nitrogen and oxygen atoms in total. The molecule has 0 fully saturated rings. The topological polar surface area (TPSA) is 58.9 Å². The van der Waals surface area contributed by atoms with Gasteiger partial charge in [-0.15, -0.1) is 0 Å². The van der Waals surface area contributed by atoms with Crippen LogP contribution < -0.4 is 10.2 Å². The van der Waals surface area contributed by atoms with Gasteiger partial charge in [0, 0.05) is 32.0 Å². The molecule has 0 spiro atoms. The second-order valence-electron chi connectivity index (χ2n) is 4.60. The molecule has 100 valence electrons. The van der Waals surface area contributed by atoms with Gasteiger partial charge in [-0.25, -0.2) is 9.97 Å². The molecule has 0 radical (unpaired) electrons. The quantitative estimate of drug-likeness (QED) is 0.879. The molecular formula is C13H18N6. The molecule has 1 N–H and O–H groups in total. The number of rotatable bonds is 4. The first-order chi connectivity index (χ1) is 9.36. The average molecular weight is 258 g/mol. The Morgan fingerprint density at radius 3 is 2.95 bits per heavy atom. The number of hydrogen-bond donors (Lipinski definition) is 1. The van der Waals surface area contributed by atoms with Gasteiger partial charge in [-0.05, 0) is 6.54 Å². The minimum Gasteiger partial charge on any atom is -0.346 e. The zero-order valence-corrected chi connectivity index (χ0v) is 11.1. The highest BCUT2D eigenvalue weighted by Gasteiger charge is 2.17. The molecular weight excluding hydrogens is 240 g/mol. The predicted molar refractivity (Wildman–Crippen MR) is 72.7 cm³/mol. The Hall–Kier alpha value is -1.95. The van der Waals surface area contributed by atoms with Gasteiger partial charge in [-0.3, -0.25) is 4.98 Å². The van der Waals surface area contributed by atoms with Crippen molar-refractivity contribution in [3.05, 3.63) is 36.3 Å². The van der Waals surface area contributed by atoms with Crippen LogP contribution in [0.25, 0.3) is 0 Å². The molecule has 3 heterocycles. The zero-order chi connectivity index (χ0) is 13.1. The third-order valence-electron chi connectivity index (χ3n) is 3.32. The molecule has 0 saturated carbocycles. The monoisotopic (exact) mass is 258 g/mol. The number of anilines is 1. The Morgan fingerprint density at radius 1 is 1.21 bits per heavy atom. The predicted octanol–water partition coefficient (Wildman–Crippen LogP) is 0.803. The van der Waals surface area contributed by atoms with Crippen LogP contribution in [0.5, 0.6) is 0 Å². The van der Waals surface area contributed by atoms with E-state index in [4.69, 9.17) is 0 Å². The third-order valence-corrected chi connectivity index (χ3v) is 3.32. The Morgan fingerprint density at radius 2 is 2.16 bits per heavy atom. The number of hydrogen-bond acceptors (Lipinski definition) is 5. The van der Waals surface area contributed by atoms with E-state index < -0.39 is 0 Å². The van der Waals surface area contributed by atoms with E-state index >= 15 is 0 Å². The van der Waals surface area contributed by atoms with Gasteiger partial charge in [0.25, 0.3) is 0 Å². The first kappa shape index (κ1) is 12.1. The van der Waals surface area contributed by atoms with Crippen molar-refractivity contribution >= 4 is 5.82 Å². The molecule has 0 bridgehead atoms. The van der Waals surface area contributed by atoms with Crippen LogP contribution in [0.2, 0.25) is 0 Å². The van der Waals surface area contributed by atoms with E-state index in [1.165, 1.54) is 0 Å². The van der Waals surface area contributed by atoms with Crippen molar-refractivity contribution in [3.8, 4) is 0 Å². The maximum Gasteiger partial charge on any atom is 0.147 e. The van der Waals surface area contributed by atoms with E-state index in [-0.39, 0.29) is 0 Å². The van der Waals surface area contributed by atoms with Crippen LogP contribution in [0.3, 0.4) is 0 Å². The first-order valence-electron chi connectivity index (χ1n) is 6.63. The highest BCUT2D eigenvalue weighted by atomic mass is 15.3. The molecule has 1 aliphatic rings. The summed E-state index contributed by atoms with van der Waals surface area (Å²) in [5.41, 5.74) is 0.976. The molecule has 1 aliphatic heterocycles. The second kappa shape index (κ2) is 5.36. The molecule has 0 saturated heterocycles. The van der Waals surface area contributed by atoms with Crippen LogP contribution in [-0.2, 0) is 19.6 Å². The van der Waals surface area contributed by atoms with Crippen molar-refractivity contribution in [2.24, 2.45) is 0 Å². The molecule has 2 aromatic rings. The van der Waals surface area contributed by atoms with Crippen molar-refractivity contribution in [2.45, 2.75) is 26.6 Å². The number of aromatic nitrogens is 4. The molecule has 0 aliphatic carbocycles. The summed E-state index contributed by atoms with van der Waals surface area (Å²) in [6.45, 7) is 6.50. The van der Waals surface area contributed by atoms with Crippen LogP contribution in [0.1, 0.15) is 18.4 Å². The van der Waals surface area contributed by atoms with Gasteiger partial charge in [-0.2, -0.15) is 0 Å². The summed E-state index contributed by atoms with van der Waals surface area (Å²) in [6.07, 6.45) is 7.58. The number of nitrogens with one attached hydrogen (secondary N) is 1. The summed E-state index contributed by atoms with van der Waals surface area (Å²) >= 11 is 0. The highest BCUT2D eigenvalue weighted by Crippen LogP contribution is 2.16. The summed E-state index contributed by atoms with van der Waals surface area (Å²) < 4.78 is 2.18. The maximum atomic E-state index is 4.50. The molecule has 0 amide bonds. The molecule has 0 aromatic carbocycles. The normalized spacial score (nSPS) is 14.5. The summed E-state index contributed by atoms with van der Waals surface area (Å²) in [5, 5.41) is 3.24. The number of fused-ring (bicyclic) bond motifs is 1. The lowest BCUT2D eigenvalue weighted by Crippen LogP contribution is -2.34. The van der Waals surface area contributed by atoms with Gasteiger partial charge in [0.2, 0.25) is 0 Å². The van der Waals surface area contributed by atoms with E-state index in [0.29, 0.717) is 0 Å². The largest absolute Gasteiger partial charge is 0.346 e. The molecule has 19 heavy (non-hydrogen) atoms. The van der Waals surface area contributed by atoms with Crippen molar-refractivity contribution in [3.63, 3.8) is 0 Å². The van der Waals surface area contributed by atoms with Crippen LogP contribution in [0, 0.1) is 0 Å². The molecule has 3 rings (SSSR count). The Kier molecular flexibility index (Phi) is 3.41. The van der Waals surface area contributed by atoms with E-state index in [1.54, 1.807) is 0 Å². The van der Waals surface area contributed by atoms with Crippen LogP contribution in [0.4, 0.5) is 5.82 Å². The summed E-state index contributed by atoms with van der Waals surface area (Å²) in [4.78, 5) is 15.5. The molecule has 6 heteroatoms. The van der Waals surface area contributed by atoms with Crippen molar-refractivity contribution in [1.29, 1.82) is 0 Å². The summed E-state index contributed by atoms with van der Waals surface area (Å²) in [5.74, 6) is 2.01. The van der Waals surface area contributed by atoms with Crippen LogP contribution in [-0.4, -0.2) is 32.6 Å². The highest BCUT2D eigenvalue weighted by molar-refractivity contribution is 5.36. The smallest absolute Gasteiger partial charge is 0.147 e. The van der Waals surface area contributed by atoms with E-state index in [1.807, 2.05) is 24.8 Å². The van der Waals surface area contributed by atoms with E-state index in [0.717, 1.165) is 50.1 Å². The van der Waals surface area contributed by atoms with Crippen molar-refractivity contribution < 1.29 is 0 Å². The van der Waals surface area contributed by atoms with Crippen LogP contribution in [0.15, 0.2) is 24.8 Å². The van der Waals surface area contributed by atoms with Crippen LogP contribution >= 0.6 is 0 Å². The summed E-state index contributed by atoms with van der Waals surface area (Å²) in [6, 6.07) is 0. The minimum atomic E-state index is 0.772. The van der Waals surface area contributed by atoms with Gasteiger partial charge >= 0.3 is 0 Å². The molecule has 0 atom stereocenters. The van der Waals surface area contributed by atoms with Gasteiger partial charge in [-0.1, -0.05) is 6.92 Å². The van der Waals surface area contributed by atoms with Crippen molar-refractivity contribution in [2.75, 3.05) is 18.0 Å². The van der Waals surface area contributed by atoms with Gasteiger partial charge in [0.15, 0.2) is 0 Å². The van der Waals surface area contributed by atoms with E-state index in [9.17, 15) is 0 Å². The Bertz CT molecular complexity index is 532. The third kappa shape index (κ3) is 2.58. The minimum absolute atomic E-state index is 0.772. The first-order valence-corrected chi connectivity index (χ1v) is 6.63. The average Bonchev–Trinajstić information content (AvgIpc) is 2.93. The fraction of sp³-hybridized carbons (Fsp3) is 0.462. The number of nitrogens with zero attached hydrogens (tertiary/aromatic N) is 5. The Labute approximate surface area is 112 Å². The zero-order valence-electron chi connectivity index (χ0n) is 11.1. The fourth-order valence-corrected chi connectivity index (χ4v) is 2.22. The van der Waals surface area contributed by atoms with Gasteiger partial charge in [0.05, 0.1) is 24.6 Å². The van der Waals surface area contributed by atoms with Gasteiger partial charge in [0.1, 0.15) is 11.6 Å². The lowest BCUT2D eigenvalue weighted by atomic mass is 10.3. The lowest BCUT2D eigenvalue weighted by Gasteiger charge is -2.28. The molecule has 0 unspecified atom stereocenters. The summed E-state index contributed by atoms with van der Waals surface area (Å²) in [7, 11) is 0. The van der Waals surface area contributed by atoms with E-state index in [2.05, 4.69) is 36.7 Å². The molecule has 2 aromatic heterocycles. The fourth-order valence-electron chi connectivity index (χ4n) is 2.22. The maximum absolute atomic E-state index is 4.50. The lowest BCUT2D eigenvalue weighted by molar-refractivity contribution is 0.555. The Balaban J connectivity index is 1.70. The van der Waals surface area contributed by atoms with Crippen molar-refractivity contribution in [1.82, 2.24) is 24.8 Å². The second-order valence-corrected chi connectivity index (χ2v) is 4.60.